The minimum absolute atomic E-state index is 0.607. The molecular weight excluding hydrogens is 308 g/mol. The second kappa shape index (κ2) is 5.52. The van der Waals surface area contributed by atoms with Crippen LogP contribution in [0.15, 0.2) is 89.1 Å². The zero-order valence-corrected chi connectivity index (χ0v) is 12.9. The lowest BCUT2D eigenvalue weighted by atomic mass is 9.94. The van der Waals surface area contributed by atoms with Crippen LogP contribution in [0.2, 0.25) is 5.02 Å². The fourth-order valence-corrected chi connectivity index (χ4v) is 2.85. The zero-order chi connectivity index (χ0) is 15.7. The lowest BCUT2D eigenvalue weighted by Gasteiger charge is -2.33. The van der Waals surface area contributed by atoms with Crippen LogP contribution in [0, 0.1) is 0 Å². The number of benzene rings is 3. The maximum atomic E-state index is 6.33. The molecule has 0 spiro atoms. The van der Waals surface area contributed by atoms with Crippen molar-refractivity contribution in [3.05, 3.63) is 95.0 Å². The van der Waals surface area contributed by atoms with Crippen molar-refractivity contribution >= 4 is 17.3 Å². The number of nitrogens with zero attached hydrogens (tertiary/aromatic N) is 2. The third-order valence-electron chi connectivity index (χ3n) is 3.81. The third-order valence-corrected chi connectivity index (χ3v) is 4.04. The van der Waals surface area contributed by atoms with Crippen LogP contribution in [0.1, 0.15) is 11.1 Å². The lowest BCUT2D eigenvalue weighted by Crippen LogP contribution is -2.33. The number of ether oxygens (including phenoxy) is 1. The Morgan fingerprint density at radius 3 is 2.00 bits per heavy atom. The van der Waals surface area contributed by atoms with Crippen molar-refractivity contribution in [3.8, 4) is 5.75 Å². The van der Waals surface area contributed by atoms with Gasteiger partial charge < -0.3 is 4.74 Å². The highest BCUT2D eigenvalue weighted by Crippen LogP contribution is 2.45. The molecule has 0 amide bonds. The van der Waals surface area contributed by atoms with Gasteiger partial charge in [-0.05, 0) is 12.1 Å². The van der Waals surface area contributed by atoms with Gasteiger partial charge in [-0.15, -0.1) is 10.2 Å². The van der Waals surface area contributed by atoms with Gasteiger partial charge in [0.15, 0.2) is 5.75 Å². The Labute approximate surface area is 139 Å². The molecule has 4 heteroatoms. The number of hydrogen-bond donors (Lipinski definition) is 0. The van der Waals surface area contributed by atoms with E-state index < -0.39 is 5.72 Å². The van der Waals surface area contributed by atoms with E-state index in [-0.39, 0.29) is 0 Å². The van der Waals surface area contributed by atoms with Gasteiger partial charge in [0, 0.05) is 22.2 Å². The molecule has 0 aromatic heterocycles. The summed E-state index contributed by atoms with van der Waals surface area (Å²) >= 11 is 6.11. The summed E-state index contributed by atoms with van der Waals surface area (Å²) in [5.41, 5.74) is 1.51. The molecule has 1 heterocycles. The van der Waals surface area contributed by atoms with Gasteiger partial charge in [-0.2, -0.15) is 0 Å². The summed E-state index contributed by atoms with van der Waals surface area (Å²) in [5.74, 6) is 0.625. The van der Waals surface area contributed by atoms with E-state index in [9.17, 15) is 0 Å². The first-order chi connectivity index (χ1) is 11.3. The smallest absolute Gasteiger partial charge is 0.271 e. The van der Waals surface area contributed by atoms with E-state index in [0.717, 1.165) is 11.1 Å². The van der Waals surface area contributed by atoms with Gasteiger partial charge in [0.2, 0.25) is 0 Å². The molecule has 3 aromatic rings. The van der Waals surface area contributed by atoms with E-state index in [4.69, 9.17) is 16.3 Å². The van der Waals surface area contributed by atoms with Crippen molar-refractivity contribution in [1.29, 1.82) is 0 Å². The highest BCUT2D eigenvalue weighted by Gasteiger charge is 2.40. The van der Waals surface area contributed by atoms with Crippen LogP contribution in [-0.2, 0) is 5.72 Å². The standard InChI is InChI=1S/C19H13ClN2O/c20-16-11-12-17-18(13-16)23-19(22-21-17,14-7-3-1-4-8-14)15-9-5-2-6-10-15/h1-13H. The van der Waals surface area contributed by atoms with Crippen LogP contribution >= 0.6 is 11.6 Å². The van der Waals surface area contributed by atoms with Crippen molar-refractivity contribution in [3.63, 3.8) is 0 Å². The van der Waals surface area contributed by atoms with Crippen LogP contribution < -0.4 is 4.74 Å². The van der Waals surface area contributed by atoms with Crippen molar-refractivity contribution in [2.45, 2.75) is 5.72 Å². The SMILES string of the molecule is Clc1ccc2c(c1)OC(c1ccccc1)(c1ccccc1)N=N2. The molecule has 112 valence electrons. The topological polar surface area (TPSA) is 34.0 Å². The summed E-state index contributed by atoms with van der Waals surface area (Å²) in [7, 11) is 0. The minimum Gasteiger partial charge on any atom is -0.454 e. The number of halogens is 1. The first-order valence-corrected chi connectivity index (χ1v) is 7.68. The minimum atomic E-state index is -1.000. The Hall–Kier alpha value is -2.65. The van der Waals surface area contributed by atoms with Gasteiger partial charge in [-0.3, -0.25) is 0 Å². The van der Waals surface area contributed by atoms with Crippen molar-refractivity contribution in [1.82, 2.24) is 0 Å². The summed E-state index contributed by atoms with van der Waals surface area (Å²) in [6.45, 7) is 0. The van der Waals surface area contributed by atoms with Gasteiger partial charge in [0.05, 0.1) is 0 Å². The van der Waals surface area contributed by atoms with Crippen LogP contribution in [0.3, 0.4) is 0 Å². The maximum absolute atomic E-state index is 6.33. The summed E-state index contributed by atoms with van der Waals surface area (Å²) in [6.07, 6.45) is 0. The van der Waals surface area contributed by atoms with Crippen LogP contribution in [0.25, 0.3) is 0 Å². The van der Waals surface area contributed by atoms with Gasteiger partial charge >= 0.3 is 0 Å². The summed E-state index contributed by atoms with van der Waals surface area (Å²) in [6, 6.07) is 25.1. The summed E-state index contributed by atoms with van der Waals surface area (Å²) in [5, 5.41) is 9.52. The fourth-order valence-electron chi connectivity index (χ4n) is 2.68. The first kappa shape index (κ1) is 14.0. The molecule has 0 aliphatic carbocycles. The van der Waals surface area contributed by atoms with E-state index in [0.29, 0.717) is 16.5 Å². The molecule has 0 unspecified atom stereocenters. The van der Waals surface area contributed by atoms with E-state index in [1.165, 1.54) is 0 Å². The molecule has 23 heavy (non-hydrogen) atoms. The Balaban J connectivity index is 1.93. The average Bonchev–Trinajstić information content (AvgIpc) is 2.62. The maximum Gasteiger partial charge on any atom is 0.271 e. The highest BCUT2D eigenvalue weighted by atomic mass is 35.5. The molecule has 4 rings (SSSR count). The molecule has 1 aliphatic rings. The average molecular weight is 321 g/mol. The highest BCUT2D eigenvalue weighted by molar-refractivity contribution is 6.30. The molecule has 0 atom stereocenters. The Morgan fingerprint density at radius 2 is 1.39 bits per heavy atom. The third kappa shape index (κ3) is 2.39. The van der Waals surface area contributed by atoms with Crippen molar-refractivity contribution in [2.24, 2.45) is 10.2 Å². The molecule has 0 bridgehead atoms. The molecule has 0 fully saturated rings. The Morgan fingerprint density at radius 1 is 0.783 bits per heavy atom. The van der Waals surface area contributed by atoms with Gasteiger partial charge in [-0.25, -0.2) is 0 Å². The zero-order valence-electron chi connectivity index (χ0n) is 12.2. The number of azo groups is 1. The quantitative estimate of drug-likeness (QED) is 0.594. The molecular formula is C19H13ClN2O. The van der Waals surface area contributed by atoms with E-state index in [1.54, 1.807) is 18.2 Å². The first-order valence-electron chi connectivity index (χ1n) is 7.30. The lowest BCUT2D eigenvalue weighted by molar-refractivity contribution is 0.105. The Bertz CT molecular complexity index is 824. The van der Waals surface area contributed by atoms with Crippen LogP contribution in [0.5, 0.6) is 5.75 Å². The molecule has 0 N–H and O–H groups in total. The molecule has 0 saturated heterocycles. The van der Waals surface area contributed by atoms with Crippen LogP contribution in [-0.4, -0.2) is 0 Å². The molecule has 3 aromatic carbocycles. The normalized spacial score (nSPS) is 14.8. The predicted octanol–water partition coefficient (Wildman–Crippen LogP) is 5.72. The van der Waals surface area contributed by atoms with Gasteiger partial charge in [0.25, 0.3) is 5.72 Å². The largest absolute Gasteiger partial charge is 0.454 e. The van der Waals surface area contributed by atoms with E-state index in [2.05, 4.69) is 10.2 Å². The van der Waals surface area contributed by atoms with Gasteiger partial charge in [0.1, 0.15) is 5.69 Å². The number of fused-ring (bicyclic) bond motifs is 1. The van der Waals surface area contributed by atoms with E-state index in [1.807, 2.05) is 60.7 Å². The predicted molar refractivity (Wildman–Crippen MR) is 90.3 cm³/mol. The van der Waals surface area contributed by atoms with Crippen molar-refractivity contribution < 1.29 is 4.74 Å². The number of rotatable bonds is 2. The second-order valence-electron chi connectivity index (χ2n) is 5.29. The molecule has 0 saturated carbocycles. The second-order valence-corrected chi connectivity index (χ2v) is 5.73. The number of hydrogen-bond acceptors (Lipinski definition) is 3. The Kier molecular flexibility index (Phi) is 3.36. The van der Waals surface area contributed by atoms with Crippen molar-refractivity contribution in [2.75, 3.05) is 0 Å². The summed E-state index contributed by atoms with van der Waals surface area (Å²) in [4.78, 5) is 0. The monoisotopic (exact) mass is 320 g/mol. The molecule has 0 radical (unpaired) electrons. The molecule has 3 nitrogen and oxygen atoms in total. The van der Waals surface area contributed by atoms with Crippen LogP contribution in [0.4, 0.5) is 5.69 Å². The molecule has 1 aliphatic heterocycles. The van der Waals surface area contributed by atoms with Gasteiger partial charge in [-0.1, -0.05) is 72.3 Å². The summed E-state index contributed by atoms with van der Waals surface area (Å²) < 4.78 is 6.33. The fraction of sp³-hybridized carbons (Fsp3) is 0.0526. The van der Waals surface area contributed by atoms with E-state index >= 15 is 0 Å².